The molecule has 0 aliphatic carbocycles. The molecule has 4 rings (SSSR count). The fourth-order valence-electron chi connectivity index (χ4n) is 2.47. The lowest BCUT2D eigenvalue weighted by atomic mass is 10.2. The maximum absolute atomic E-state index is 12.7. The zero-order valence-corrected chi connectivity index (χ0v) is 15.6. The minimum Gasteiger partial charge on any atom is -0.266 e. The Kier molecular flexibility index (Phi) is 4.35. The van der Waals surface area contributed by atoms with Crippen molar-refractivity contribution < 1.29 is 8.42 Å². The van der Waals surface area contributed by atoms with Gasteiger partial charge < -0.3 is 0 Å². The summed E-state index contributed by atoms with van der Waals surface area (Å²) in [7, 11) is -3.81. The van der Waals surface area contributed by atoms with Gasteiger partial charge in [0.25, 0.3) is 10.0 Å². The van der Waals surface area contributed by atoms with Crippen molar-refractivity contribution in [2.45, 2.75) is 11.4 Å². The lowest BCUT2D eigenvalue weighted by molar-refractivity contribution is 0.601. The number of anilines is 1. The number of aromatic nitrogens is 4. The summed E-state index contributed by atoms with van der Waals surface area (Å²) in [5, 5.41) is 4.93. The van der Waals surface area contributed by atoms with Crippen LogP contribution in [0.4, 0.5) is 5.82 Å². The number of hydrogen-bond donors (Lipinski definition) is 1. The van der Waals surface area contributed by atoms with Crippen molar-refractivity contribution in [3.63, 3.8) is 0 Å². The Morgan fingerprint density at radius 3 is 2.69 bits per heavy atom. The Bertz CT molecular complexity index is 1170. The van der Waals surface area contributed by atoms with Gasteiger partial charge in [-0.25, -0.2) is 8.42 Å². The number of halogens is 1. The Morgan fingerprint density at radius 2 is 1.88 bits per heavy atom. The van der Waals surface area contributed by atoms with E-state index in [0.29, 0.717) is 22.6 Å². The standard InChI is InChI=1S/C16H12ClN5O2S2/c17-12-6-4-11(5-7-12)10-22-9-8-15(18-22)21-26(23,24)14-3-1-2-13-16(14)20-25-19-13/h1-9H,10H2,(H,18,21). The van der Waals surface area contributed by atoms with E-state index >= 15 is 0 Å². The highest BCUT2D eigenvalue weighted by atomic mass is 35.5. The van der Waals surface area contributed by atoms with Crippen molar-refractivity contribution >= 4 is 50.2 Å². The molecule has 7 nitrogen and oxygen atoms in total. The maximum atomic E-state index is 12.7. The Hall–Kier alpha value is -2.49. The lowest BCUT2D eigenvalue weighted by Gasteiger charge is -2.06. The monoisotopic (exact) mass is 405 g/mol. The van der Waals surface area contributed by atoms with E-state index in [1.807, 2.05) is 12.1 Å². The zero-order chi connectivity index (χ0) is 18.1. The van der Waals surface area contributed by atoms with Gasteiger partial charge in [-0.1, -0.05) is 29.8 Å². The van der Waals surface area contributed by atoms with E-state index in [-0.39, 0.29) is 10.7 Å². The molecule has 2 aromatic carbocycles. The summed E-state index contributed by atoms with van der Waals surface area (Å²) in [4.78, 5) is 0.0796. The molecule has 26 heavy (non-hydrogen) atoms. The van der Waals surface area contributed by atoms with Gasteiger partial charge in [-0.15, -0.1) is 0 Å². The molecule has 132 valence electrons. The van der Waals surface area contributed by atoms with Crippen LogP contribution < -0.4 is 4.72 Å². The van der Waals surface area contributed by atoms with Gasteiger partial charge in [0.05, 0.1) is 18.3 Å². The van der Waals surface area contributed by atoms with Gasteiger partial charge in [-0.05, 0) is 29.8 Å². The highest BCUT2D eigenvalue weighted by Gasteiger charge is 2.20. The fraction of sp³-hybridized carbons (Fsp3) is 0.0625. The quantitative estimate of drug-likeness (QED) is 0.549. The van der Waals surface area contributed by atoms with Gasteiger partial charge in [-0.2, -0.15) is 13.8 Å². The largest absolute Gasteiger partial charge is 0.266 e. The van der Waals surface area contributed by atoms with Gasteiger partial charge in [0.15, 0.2) is 5.82 Å². The minimum atomic E-state index is -3.81. The van der Waals surface area contributed by atoms with Gasteiger partial charge in [0, 0.05) is 17.3 Å². The van der Waals surface area contributed by atoms with Crippen LogP contribution >= 0.6 is 23.3 Å². The van der Waals surface area contributed by atoms with Crippen molar-refractivity contribution in [2.24, 2.45) is 0 Å². The SMILES string of the molecule is O=S(=O)(Nc1ccn(Cc2ccc(Cl)cc2)n1)c1cccc2nsnc12. The molecule has 0 spiro atoms. The number of sulfonamides is 1. The maximum Gasteiger partial charge on any atom is 0.265 e. The number of nitrogens with one attached hydrogen (secondary N) is 1. The van der Waals surface area contributed by atoms with Crippen LogP contribution in [0.2, 0.25) is 5.02 Å². The highest BCUT2D eigenvalue weighted by molar-refractivity contribution is 7.93. The first-order valence-electron chi connectivity index (χ1n) is 7.53. The smallest absolute Gasteiger partial charge is 0.265 e. The third-order valence-corrected chi connectivity index (χ3v) is 5.86. The highest BCUT2D eigenvalue weighted by Crippen LogP contribution is 2.23. The van der Waals surface area contributed by atoms with Gasteiger partial charge in [-0.3, -0.25) is 9.40 Å². The second-order valence-electron chi connectivity index (χ2n) is 5.52. The van der Waals surface area contributed by atoms with E-state index in [9.17, 15) is 8.42 Å². The van der Waals surface area contributed by atoms with E-state index in [1.54, 1.807) is 41.2 Å². The van der Waals surface area contributed by atoms with Crippen molar-refractivity contribution in [3.05, 3.63) is 65.3 Å². The molecule has 0 saturated carbocycles. The molecule has 0 aliphatic rings. The van der Waals surface area contributed by atoms with Crippen molar-refractivity contribution in [1.29, 1.82) is 0 Å². The van der Waals surface area contributed by atoms with E-state index in [0.717, 1.165) is 17.3 Å². The molecule has 1 N–H and O–H groups in total. The average Bonchev–Trinajstić information content (AvgIpc) is 3.25. The fourth-order valence-corrected chi connectivity index (χ4v) is 4.36. The molecule has 10 heteroatoms. The van der Waals surface area contributed by atoms with Crippen LogP contribution in [0.25, 0.3) is 11.0 Å². The molecule has 0 radical (unpaired) electrons. The molecular weight excluding hydrogens is 394 g/mol. The summed E-state index contributed by atoms with van der Waals surface area (Å²) in [5.41, 5.74) is 1.90. The minimum absolute atomic E-state index is 0.0796. The molecule has 0 fully saturated rings. The number of fused-ring (bicyclic) bond motifs is 1. The Morgan fingerprint density at radius 1 is 1.08 bits per heavy atom. The molecule has 0 amide bonds. The third kappa shape index (κ3) is 3.41. The molecule has 4 aromatic rings. The van der Waals surface area contributed by atoms with E-state index in [2.05, 4.69) is 18.6 Å². The normalized spacial score (nSPS) is 11.7. The number of benzene rings is 2. The summed E-state index contributed by atoms with van der Waals surface area (Å²) in [6.07, 6.45) is 1.71. The van der Waals surface area contributed by atoms with Crippen LogP contribution in [0.1, 0.15) is 5.56 Å². The summed E-state index contributed by atoms with van der Waals surface area (Å²) in [6.45, 7) is 0.504. The number of rotatable bonds is 5. The molecular formula is C16H12ClN5O2S2. The van der Waals surface area contributed by atoms with Crippen LogP contribution in [-0.2, 0) is 16.6 Å². The van der Waals surface area contributed by atoms with Crippen LogP contribution in [0, 0.1) is 0 Å². The van der Waals surface area contributed by atoms with Gasteiger partial charge in [0.1, 0.15) is 15.9 Å². The summed E-state index contributed by atoms with van der Waals surface area (Å²) < 4.78 is 37.6. The van der Waals surface area contributed by atoms with Crippen LogP contribution in [0.3, 0.4) is 0 Å². The third-order valence-electron chi connectivity index (χ3n) is 3.68. The predicted octanol–water partition coefficient (Wildman–Crippen LogP) is 3.39. The molecule has 0 saturated heterocycles. The van der Waals surface area contributed by atoms with Gasteiger partial charge >= 0.3 is 0 Å². The average molecular weight is 406 g/mol. The first-order valence-corrected chi connectivity index (χ1v) is 10.1. The Labute approximate surface area is 158 Å². The predicted molar refractivity (Wildman–Crippen MR) is 101 cm³/mol. The van der Waals surface area contributed by atoms with Crippen LogP contribution in [0.5, 0.6) is 0 Å². The van der Waals surface area contributed by atoms with E-state index < -0.39 is 10.0 Å². The zero-order valence-electron chi connectivity index (χ0n) is 13.2. The molecule has 2 aromatic heterocycles. The van der Waals surface area contributed by atoms with Gasteiger partial charge in [0.2, 0.25) is 0 Å². The topological polar surface area (TPSA) is 89.8 Å². The second-order valence-corrected chi connectivity index (χ2v) is 8.13. The first kappa shape index (κ1) is 17.0. The molecule has 0 atom stereocenters. The summed E-state index contributed by atoms with van der Waals surface area (Å²) in [6, 6.07) is 13.8. The van der Waals surface area contributed by atoms with Crippen LogP contribution in [0.15, 0.2) is 59.6 Å². The second kappa shape index (κ2) is 6.67. The first-order chi connectivity index (χ1) is 12.5. The summed E-state index contributed by atoms with van der Waals surface area (Å²) in [5.74, 6) is 0.235. The van der Waals surface area contributed by atoms with E-state index in [1.165, 1.54) is 6.07 Å². The number of nitrogens with zero attached hydrogens (tertiary/aromatic N) is 4. The van der Waals surface area contributed by atoms with Crippen molar-refractivity contribution in [1.82, 2.24) is 18.5 Å². The van der Waals surface area contributed by atoms with Crippen LogP contribution in [-0.4, -0.2) is 26.9 Å². The number of hydrogen-bond acceptors (Lipinski definition) is 6. The molecule has 0 bridgehead atoms. The van der Waals surface area contributed by atoms with E-state index in [4.69, 9.17) is 11.6 Å². The molecule has 2 heterocycles. The Balaban J connectivity index is 1.56. The molecule has 0 unspecified atom stereocenters. The molecule has 0 aliphatic heterocycles. The lowest BCUT2D eigenvalue weighted by Crippen LogP contribution is -2.14. The summed E-state index contributed by atoms with van der Waals surface area (Å²) >= 11 is 6.85. The van der Waals surface area contributed by atoms with Crippen molar-refractivity contribution in [2.75, 3.05) is 4.72 Å². The van der Waals surface area contributed by atoms with Crippen molar-refractivity contribution in [3.8, 4) is 0 Å².